The fraction of sp³-hybridized carbons (Fsp3) is 0.333. The second kappa shape index (κ2) is 5.56. The Bertz CT molecular complexity index is 848. The van der Waals surface area contributed by atoms with Crippen LogP contribution in [0.15, 0.2) is 47.5 Å². The fourth-order valence-electron chi connectivity index (χ4n) is 2.55. The average Bonchev–Trinajstić information content (AvgIpc) is 2.84. The first-order chi connectivity index (χ1) is 10.7. The van der Waals surface area contributed by atoms with Crippen LogP contribution >= 0.6 is 15.9 Å². The zero-order valence-corrected chi connectivity index (χ0v) is 16.8. The first-order valence-electron chi connectivity index (χ1n) is 7.79. The maximum Gasteiger partial charge on any atom is 0.163 e. The van der Waals surface area contributed by atoms with Crippen molar-refractivity contribution in [3.05, 3.63) is 47.5 Å². The zero-order chi connectivity index (χ0) is 16.8. The highest BCUT2D eigenvalue weighted by Gasteiger charge is 2.38. The van der Waals surface area contributed by atoms with Crippen LogP contribution in [0.5, 0.6) is 0 Å². The van der Waals surface area contributed by atoms with E-state index in [1.807, 2.05) is 18.5 Å². The number of fused-ring (bicyclic) bond motifs is 1. The molecule has 23 heavy (non-hydrogen) atoms. The Labute approximate surface area is 147 Å². The van der Waals surface area contributed by atoms with E-state index in [9.17, 15) is 0 Å². The van der Waals surface area contributed by atoms with Gasteiger partial charge in [-0.25, -0.2) is 4.98 Å². The molecule has 0 atom stereocenters. The summed E-state index contributed by atoms with van der Waals surface area (Å²) in [5.74, 6) is 0. The Morgan fingerprint density at radius 1 is 1.13 bits per heavy atom. The van der Waals surface area contributed by atoms with E-state index in [2.05, 4.69) is 77.3 Å². The lowest BCUT2D eigenvalue weighted by molar-refractivity contribution is 0.702. The highest BCUT2D eigenvalue weighted by atomic mass is 79.9. The minimum absolute atomic E-state index is 0.252. The second-order valence-corrected chi connectivity index (χ2v) is 13.4. The monoisotopic (exact) mass is 387 g/mol. The molecule has 0 aliphatic carbocycles. The number of halogens is 1. The number of aromatic nitrogens is 3. The molecule has 3 aromatic heterocycles. The number of rotatable bonds is 2. The molecule has 0 radical (unpaired) electrons. The summed E-state index contributed by atoms with van der Waals surface area (Å²) in [4.78, 5) is 9.00. The third kappa shape index (κ3) is 2.76. The van der Waals surface area contributed by atoms with Gasteiger partial charge in [-0.05, 0) is 33.1 Å². The van der Waals surface area contributed by atoms with Crippen molar-refractivity contribution in [1.82, 2.24) is 14.2 Å². The maximum absolute atomic E-state index is 4.80. The summed E-state index contributed by atoms with van der Waals surface area (Å²) in [5.41, 5.74) is 3.25. The Morgan fingerprint density at radius 3 is 2.48 bits per heavy atom. The topological polar surface area (TPSA) is 30.7 Å². The van der Waals surface area contributed by atoms with Gasteiger partial charge in [-0.15, -0.1) is 0 Å². The molecular formula is C18H22BrN3Si. The van der Waals surface area contributed by atoms with Gasteiger partial charge in [0.1, 0.15) is 5.65 Å². The highest BCUT2D eigenvalue weighted by Crippen LogP contribution is 2.40. The maximum atomic E-state index is 4.80. The van der Waals surface area contributed by atoms with Gasteiger partial charge in [0.25, 0.3) is 0 Å². The Morgan fingerprint density at radius 2 is 1.87 bits per heavy atom. The molecule has 120 valence electrons. The van der Waals surface area contributed by atoms with Crippen LogP contribution in [0.1, 0.15) is 20.8 Å². The Balaban J connectivity index is 2.19. The molecule has 0 spiro atoms. The first kappa shape index (κ1) is 16.4. The second-order valence-electron chi connectivity index (χ2n) is 7.49. The summed E-state index contributed by atoms with van der Waals surface area (Å²) in [6.45, 7) is 11.8. The van der Waals surface area contributed by atoms with Crippen LogP contribution in [-0.4, -0.2) is 22.4 Å². The van der Waals surface area contributed by atoms with E-state index in [1.165, 1.54) is 0 Å². The van der Waals surface area contributed by atoms with Gasteiger partial charge >= 0.3 is 0 Å². The molecule has 3 nitrogen and oxygen atoms in total. The molecule has 0 amide bonds. The lowest BCUT2D eigenvalue weighted by atomic mass is 10.1. The van der Waals surface area contributed by atoms with Gasteiger partial charge in [0.2, 0.25) is 0 Å². The summed E-state index contributed by atoms with van der Waals surface area (Å²) >= 11 is 3.73. The predicted molar refractivity (Wildman–Crippen MR) is 103 cm³/mol. The van der Waals surface area contributed by atoms with Gasteiger partial charge in [0, 0.05) is 45.8 Å². The summed E-state index contributed by atoms with van der Waals surface area (Å²) in [6.07, 6.45) is 7.83. The van der Waals surface area contributed by atoms with Crippen molar-refractivity contribution in [3.63, 3.8) is 0 Å². The van der Waals surface area contributed by atoms with Crippen molar-refractivity contribution in [1.29, 1.82) is 0 Å². The molecule has 0 saturated heterocycles. The molecule has 5 heteroatoms. The van der Waals surface area contributed by atoms with Gasteiger partial charge in [0.05, 0.1) is 0 Å². The van der Waals surface area contributed by atoms with E-state index < -0.39 is 8.24 Å². The minimum Gasteiger partial charge on any atom is -0.358 e. The third-order valence-electron chi connectivity index (χ3n) is 5.03. The molecule has 0 unspecified atom stereocenters. The summed E-state index contributed by atoms with van der Waals surface area (Å²) in [5, 5.41) is 1.42. The van der Waals surface area contributed by atoms with Gasteiger partial charge in [0.15, 0.2) is 8.24 Å². The van der Waals surface area contributed by atoms with E-state index >= 15 is 0 Å². The van der Waals surface area contributed by atoms with E-state index in [0.717, 1.165) is 26.6 Å². The van der Waals surface area contributed by atoms with Crippen LogP contribution in [0.25, 0.3) is 22.2 Å². The van der Waals surface area contributed by atoms with Crippen molar-refractivity contribution in [2.24, 2.45) is 0 Å². The van der Waals surface area contributed by atoms with E-state index in [4.69, 9.17) is 4.98 Å². The Kier molecular flexibility index (Phi) is 3.97. The van der Waals surface area contributed by atoms with E-state index in [-0.39, 0.29) is 5.04 Å². The lowest BCUT2D eigenvalue weighted by Gasteiger charge is -2.38. The summed E-state index contributed by atoms with van der Waals surface area (Å²) in [7, 11) is -1.71. The van der Waals surface area contributed by atoms with Crippen LogP contribution < -0.4 is 0 Å². The Hall–Kier alpha value is -1.46. The fourth-order valence-corrected chi connectivity index (χ4v) is 5.12. The van der Waals surface area contributed by atoms with Crippen molar-refractivity contribution in [2.45, 2.75) is 38.9 Å². The van der Waals surface area contributed by atoms with Gasteiger partial charge in [-0.3, -0.25) is 4.98 Å². The molecule has 0 aromatic carbocycles. The van der Waals surface area contributed by atoms with Crippen molar-refractivity contribution < 1.29 is 0 Å². The minimum atomic E-state index is -1.71. The normalized spacial score (nSPS) is 12.8. The summed E-state index contributed by atoms with van der Waals surface area (Å²) < 4.78 is 3.52. The number of nitrogens with zero attached hydrogens (tertiary/aromatic N) is 3. The van der Waals surface area contributed by atoms with Crippen molar-refractivity contribution in [2.75, 3.05) is 0 Å². The molecule has 0 N–H and O–H groups in total. The molecule has 0 bridgehead atoms. The molecular weight excluding hydrogens is 366 g/mol. The molecule has 3 rings (SSSR count). The number of hydrogen-bond donors (Lipinski definition) is 0. The van der Waals surface area contributed by atoms with Gasteiger partial charge in [-0.2, -0.15) is 0 Å². The molecule has 3 aromatic rings. The molecule has 0 fully saturated rings. The zero-order valence-electron chi connectivity index (χ0n) is 14.3. The standard InChI is InChI=1S/C18H22BrN3Si/c1-18(2,3)23(4,5)22-12-16(19)15-9-14(11-21-17(15)22)13-7-6-8-20-10-13/h6-12H,1-5H3. The van der Waals surface area contributed by atoms with Crippen LogP contribution in [0.4, 0.5) is 0 Å². The molecule has 0 saturated carbocycles. The van der Waals surface area contributed by atoms with Gasteiger partial charge in [-0.1, -0.05) is 39.9 Å². The molecule has 0 aliphatic rings. The van der Waals surface area contributed by atoms with E-state index in [1.54, 1.807) is 6.20 Å². The van der Waals surface area contributed by atoms with Crippen LogP contribution in [-0.2, 0) is 0 Å². The van der Waals surface area contributed by atoms with Crippen LogP contribution in [0, 0.1) is 0 Å². The van der Waals surface area contributed by atoms with Crippen LogP contribution in [0.2, 0.25) is 18.1 Å². The SMILES string of the molecule is CC(C)(C)[Si](C)(C)n1cc(Br)c2cc(-c3cccnc3)cnc21. The largest absolute Gasteiger partial charge is 0.358 e. The molecule has 0 aliphatic heterocycles. The predicted octanol–water partition coefficient (Wildman–Crippen LogP) is 5.71. The van der Waals surface area contributed by atoms with Crippen molar-refractivity contribution >= 4 is 35.2 Å². The average molecular weight is 388 g/mol. The number of hydrogen-bond acceptors (Lipinski definition) is 2. The van der Waals surface area contributed by atoms with Crippen molar-refractivity contribution in [3.8, 4) is 11.1 Å². The summed E-state index contributed by atoms with van der Waals surface area (Å²) in [6, 6.07) is 6.22. The highest BCUT2D eigenvalue weighted by molar-refractivity contribution is 9.10. The van der Waals surface area contributed by atoms with E-state index in [0.29, 0.717) is 0 Å². The van der Waals surface area contributed by atoms with Gasteiger partial charge < -0.3 is 4.23 Å². The smallest absolute Gasteiger partial charge is 0.163 e. The first-order valence-corrected chi connectivity index (χ1v) is 11.5. The number of pyridine rings is 2. The quantitative estimate of drug-likeness (QED) is 0.526. The molecule has 3 heterocycles. The lowest BCUT2D eigenvalue weighted by Crippen LogP contribution is -2.45. The third-order valence-corrected chi connectivity index (χ3v) is 10.9. The van der Waals surface area contributed by atoms with Crippen LogP contribution in [0.3, 0.4) is 0 Å².